The molecule has 0 atom stereocenters. The summed E-state index contributed by atoms with van der Waals surface area (Å²) in [6.45, 7) is 6.02. The topological polar surface area (TPSA) is 61.3 Å². The Hall–Kier alpha value is -1.92. The Bertz CT molecular complexity index is 698. The predicted molar refractivity (Wildman–Crippen MR) is 88.8 cm³/mol. The Balaban J connectivity index is 2.41. The van der Waals surface area contributed by atoms with E-state index in [1.54, 1.807) is 29.5 Å². The molecule has 0 saturated heterocycles. The number of carbonyl (C=O) groups is 1. The third-order valence-corrected chi connectivity index (χ3v) is 3.56. The first-order valence-electron chi connectivity index (χ1n) is 7.21. The van der Waals surface area contributed by atoms with Crippen molar-refractivity contribution in [2.45, 2.75) is 26.4 Å². The summed E-state index contributed by atoms with van der Waals surface area (Å²) in [4.78, 5) is 17.3. The molecule has 0 saturated carbocycles. The Labute approximate surface area is 135 Å². The fourth-order valence-electron chi connectivity index (χ4n) is 2.32. The van der Waals surface area contributed by atoms with Gasteiger partial charge in [-0.3, -0.25) is 9.36 Å². The summed E-state index contributed by atoms with van der Waals surface area (Å²) in [5, 5.41) is 9.98. The number of benzene rings is 1. The van der Waals surface area contributed by atoms with Crippen molar-refractivity contribution in [1.29, 1.82) is 0 Å². The summed E-state index contributed by atoms with van der Waals surface area (Å²) in [7, 11) is 0. The summed E-state index contributed by atoms with van der Waals surface area (Å²) in [6, 6.07) is 9.49. The number of rotatable bonds is 5. The number of nitrogens with zero attached hydrogens (tertiary/aromatic N) is 2. The minimum atomic E-state index is -0.948. The van der Waals surface area contributed by atoms with Gasteiger partial charge in [0, 0.05) is 25.0 Å². The molecule has 22 heavy (non-hydrogen) atoms. The molecular weight excluding hydrogens is 298 g/mol. The van der Waals surface area contributed by atoms with Gasteiger partial charge in [0.05, 0.1) is 5.60 Å². The van der Waals surface area contributed by atoms with Crippen molar-refractivity contribution < 1.29 is 9.90 Å². The van der Waals surface area contributed by atoms with Gasteiger partial charge in [0.15, 0.2) is 4.77 Å². The maximum Gasteiger partial charge on any atom is 0.272 e. The molecular formula is C16H21N3O2S. The summed E-state index contributed by atoms with van der Waals surface area (Å²) >= 11 is 5.29. The predicted octanol–water partition coefficient (Wildman–Crippen LogP) is 2.77. The van der Waals surface area contributed by atoms with E-state index in [0.717, 1.165) is 5.69 Å². The number of aliphatic hydroxyl groups is 1. The number of aromatic amines is 1. The number of imidazole rings is 1. The van der Waals surface area contributed by atoms with Gasteiger partial charge in [0.25, 0.3) is 5.91 Å². The number of amides is 1. The first-order valence-corrected chi connectivity index (χ1v) is 7.62. The van der Waals surface area contributed by atoms with Crippen LogP contribution in [-0.2, 0) is 0 Å². The molecule has 1 aromatic heterocycles. The number of aromatic nitrogens is 2. The van der Waals surface area contributed by atoms with Crippen LogP contribution in [0.5, 0.6) is 0 Å². The summed E-state index contributed by atoms with van der Waals surface area (Å²) in [6.07, 6.45) is 1.62. The van der Waals surface area contributed by atoms with Crippen molar-refractivity contribution >= 4 is 18.1 Å². The van der Waals surface area contributed by atoms with E-state index in [4.69, 9.17) is 12.2 Å². The summed E-state index contributed by atoms with van der Waals surface area (Å²) in [5.74, 6) is -0.166. The second kappa shape index (κ2) is 6.46. The molecule has 6 heteroatoms. The van der Waals surface area contributed by atoms with Crippen LogP contribution in [0.25, 0.3) is 5.69 Å². The highest BCUT2D eigenvalue weighted by Crippen LogP contribution is 2.16. The van der Waals surface area contributed by atoms with E-state index >= 15 is 0 Å². The normalized spacial score (nSPS) is 11.5. The molecule has 0 spiro atoms. The molecule has 0 bridgehead atoms. The molecule has 0 aliphatic heterocycles. The van der Waals surface area contributed by atoms with Gasteiger partial charge < -0.3 is 15.0 Å². The van der Waals surface area contributed by atoms with E-state index in [0.29, 0.717) is 17.0 Å². The number of likely N-dealkylation sites (N-methyl/N-ethyl adjacent to an activating group) is 1. The van der Waals surface area contributed by atoms with Gasteiger partial charge in [-0.15, -0.1) is 0 Å². The van der Waals surface area contributed by atoms with Crippen molar-refractivity contribution in [3.8, 4) is 5.69 Å². The molecule has 0 fully saturated rings. The van der Waals surface area contributed by atoms with Crippen molar-refractivity contribution in [2.24, 2.45) is 0 Å². The molecule has 1 aromatic carbocycles. The minimum absolute atomic E-state index is 0.166. The van der Waals surface area contributed by atoms with Gasteiger partial charge >= 0.3 is 0 Å². The molecule has 118 valence electrons. The molecule has 0 aliphatic carbocycles. The van der Waals surface area contributed by atoms with Crippen molar-refractivity contribution in [3.63, 3.8) is 0 Å². The lowest BCUT2D eigenvalue weighted by molar-refractivity contribution is 0.0310. The van der Waals surface area contributed by atoms with E-state index in [1.165, 1.54) is 0 Å². The maximum absolute atomic E-state index is 12.8. The average molecular weight is 319 g/mol. The van der Waals surface area contributed by atoms with Crippen molar-refractivity contribution in [3.05, 3.63) is 47.0 Å². The van der Waals surface area contributed by atoms with E-state index < -0.39 is 5.60 Å². The van der Waals surface area contributed by atoms with Crippen LogP contribution in [0.1, 0.15) is 31.3 Å². The Kier molecular flexibility index (Phi) is 4.83. The van der Waals surface area contributed by atoms with Gasteiger partial charge in [0.1, 0.15) is 5.69 Å². The van der Waals surface area contributed by atoms with E-state index in [9.17, 15) is 9.90 Å². The van der Waals surface area contributed by atoms with Crippen LogP contribution >= 0.6 is 12.2 Å². The monoisotopic (exact) mass is 319 g/mol. The number of hydrogen-bond acceptors (Lipinski definition) is 3. The number of hydrogen-bond donors (Lipinski definition) is 2. The quantitative estimate of drug-likeness (QED) is 0.833. The van der Waals surface area contributed by atoms with Crippen molar-refractivity contribution in [2.75, 3.05) is 13.1 Å². The summed E-state index contributed by atoms with van der Waals surface area (Å²) in [5.41, 5.74) is 0.342. The highest BCUT2D eigenvalue weighted by atomic mass is 32.1. The third kappa shape index (κ3) is 3.64. The lowest BCUT2D eigenvalue weighted by Crippen LogP contribution is -2.42. The first kappa shape index (κ1) is 16.5. The highest BCUT2D eigenvalue weighted by Gasteiger charge is 2.25. The van der Waals surface area contributed by atoms with Gasteiger partial charge in [0.2, 0.25) is 0 Å². The fourth-order valence-corrected chi connectivity index (χ4v) is 2.58. The molecule has 2 N–H and O–H groups in total. The molecule has 5 nitrogen and oxygen atoms in total. The van der Waals surface area contributed by atoms with E-state index in [-0.39, 0.29) is 12.5 Å². The Morgan fingerprint density at radius 3 is 2.55 bits per heavy atom. The van der Waals surface area contributed by atoms with Gasteiger partial charge in [-0.2, -0.15) is 0 Å². The van der Waals surface area contributed by atoms with Crippen LogP contribution < -0.4 is 0 Å². The van der Waals surface area contributed by atoms with Crippen LogP contribution in [0.3, 0.4) is 0 Å². The second-order valence-corrected chi connectivity index (χ2v) is 6.17. The highest BCUT2D eigenvalue weighted by molar-refractivity contribution is 7.71. The Morgan fingerprint density at radius 1 is 1.36 bits per heavy atom. The van der Waals surface area contributed by atoms with Gasteiger partial charge in [-0.1, -0.05) is 18.2 Å². The third-order valence-electron chi connectivity index (χ3n) is 3.26. The SMILES string of the molecule is CCN(CC(C)(C)O)C(=O)c1c[nH]c(=S)n1-c1ccccc1. The van der Waals surface area contributed by atoms with E-state index in [1.807, 2.05) is 37.3 Å². The van der Waals surface area contributed by atoms with Crippen LogP contribution in [0.15, 0.2) is 36.5 Å². The fraction of sp³-hybridized carbons (Fsp3) is 0.375. The van der Waals surface area contributed by atoms with Crippen LogP contribution in [0.4, 0.5) is 0 Å². The zero-order valence-electron chi connectivity index (χ0n) is 13.0. The zero-order valence-corrected chi connectivity index (χ0v) is 13.9. The largest absolute Gasteiger partial charge is 0.389 e. The molecule has 1 heterocycles. The number of nitrogens with one attached hydrogen (secondary N) is 1. The number of para-hydroxylation sites is 1. The first-order chi connectivity index (χ1) is 10.3. The molecule has 2 rings (SSSR count). The number of H-pyrrole nitrogens is 1. The molecule has 0 radical (unpaired) electrons. The maximum atomic E-state index is 12.8. The molecule has 0 aliphatic rings. The smallest absolute Gasteiger partial charge is 0.272 e. The van der Waals surface area contributed by atoms with Crippen molar-refractivity contribution in [1.82, 2.24) is 14.5 Å². The average Bonchev–Trinajstić information content (AvgIpc) is 2.85. The lowest BCUT2D eigenvalue weighted by Gasteiger charge is -2.28. The van der Waals surface area contributed by atoms with E-state index in [2.05, 4.69) is 4.98 Å². The van der Waals surface area contributed by atoms with Crippen LogP contribution in [-0.4, -0.2) is 44.2 Å². The molecule has 2 aromatic rings. The number of carbonyl (C=O) groups excluding carboxylic acids is 1. The lowest BCUT2D eigenvalue weighted by atomic mass is 10.1. The van der Waals surface area contributed by atoms with Crippen LogP contribution in [0, 0.1) is 4.77 Å². The zero-order chi connectivity index (χ0) is 16.3. The standard InChI is InChI=1S/C16H21N3O2S/c1-4-18(11-16(2,3)21)14(20)13-10-17-15(22)19(13)12-8-6-5-7-9-12/h5-10,21H,4,11H2,1-3H3,(H,17,22). The van der Waals surface area contributed by atoms with Gasteiger partial charge in [-0.25, -0.2) is 0 Å². The Morgan fingerprint density at radius 2 is 2.00 bits per heavy atom. The van der Waals surface area contributed by atoms with Crippen LogP contribution in [0.2, 0.25) is 0 Å². The molecule has 0 unspecified atom stereocenters. The van der Waals surface area contributed by atoms with Gasteiger partial charge in [-0.05, 0) is 45.1 Å². The molecule has 1 amide bonds. The summed E-state index contributed by atoms with van der Waals surface area (Å²) < 4.78 is 2.18. The minimum Gasteiger partial charge on any atom is -0.389 e. The second-order valence-electron chi connectivity index (χ2n) is 5.78.